The van der Waals surface area contributed by atoms with Gasteiger partial charge in [0.05, 0.1) is 14.2 Å². The van der Waals surface area contributed by atoms with Crippen LogP contribution in [0.5, 0.6) is 0 Å². The summed E-state index contributed by atoms with van der Waals surface area (Å²) in [7, 11) is 2.45. The Morgan fingerprint density at radius 3 is 2.50 bits per heavy atom. The van der Waals surface area contributed by atoms with Gasteiger partial charge in [0.1, 0.15) is 18.8 Å². The number of nitrogens with zero attached hydrogens (tertiary/aromatic N) is 4. The first-order chi connectivity index (χ1) is 12.3. The fourth-order valence-corrected chi connectivity index (χ4v) is 2.55. The molecule has 11 nitrogen and oxygen atoms in total. The zero-order chi connectivity index (χ0) is 19.3. The molecule has 0 aliphatic carbocycles. The molecule has 12 heteroatoms. The Bertz CT molecular complexity index is 930. The molecule has 0 aliphatic rings. The lowest BCUT2D eigenvalue weighted by Crippen LogP contribution is -2.42. The molecular weight excluding hydrogens is 368 g/mol. The van der Waals surface area contributed by atoms with Crippen molar-refractivity contribution in [3.8, 4) is 0 Å². The van der Waals surface area contributed by atoms with Crippen LogP contribution in [0.4, 0.5) is 0 Å². The Hall–Kier alpha value is -2.89. The number of carbonyl (C=O) groups is 2. The predicted molar refractivity (Wildman–Crippen MR) is 87.9 cm³/mol. The van der Waals surface area contributed by atoms with Gasteiger partial charge in [0, 0.05) is 11.8 Å². The van der Waals surface area contributed by atoms with Crippen molar-refractivity contribution in [1.82, 2.24) is 19.3 Å². The molecule has 2 aromatic rings. The molecule has 0 aromatic carbocycles. The van der Waals surface area contributed by atoms with Gasteiger partial charge in [0.15, 0.2) is 0 Å². The normalized spacial score (nSPS) is 10.6. The standard InChI is InChI=1S/C14H16N4O7S/c1-8-4-10(19)18(14(22)17(8)6-11(20)23-2)5-9-15-16-13(25-9)26-7-12(21)24-3/h4H,5-7H2,1-3H3. The summed E-state index contributed by atoms with van der Waals surface area (Å²) in [5.74, 6) is -1.10. The Labute approximate surface area is 150 Å². The number of hydrogen-bond donors (Lipinski definition) is 0. The van der Waals surface area contributed by atoms with E-state index in [4.69, 9.17) is 4.42 Å². The SMILES string of the molecule is COC(=O)CSc1nnc(Cn2c(=O)cc(C)n(CC(=O)OC)c2=O)o1. The van der Waals surface area contributed by atoms with Crippen LogP contribution in [-0.2, 0) is 32.2 Å². The maximum Gasteiger partial charge on any atom is 0.332 e. The number of aromatic nitrogens is 4. The highest BCUT2D eigenvalue weighted by molar-refractivity contribution is 7.99. The lowest BCUT2D eigenvalue weighted by Gasteiger charge is -2.10. The fourth-order valence-electron chi connectivity index (χ4n) is 1.93. The topological polar surface area (TPSA) is 136 Å². The zero-order valence-electron chi connectivity index (χ0n) is 14.3. The van der Waals surface area contributed by atoms with Gasteiger partial charge in [-0.2, -0.15) is 0 Å². The molecule has 0 aliphatic heterocycles. The second-order valence-electron chi connectivity index (χ2n) is 4.98. The van der Waals surface area contributed by atoms with Gasteiger partial charge >= 0.3 is 17.6 Å². The number of rotatable bonds is 7. The fraction of sp³-hybridized carbons (Fsp3) is 0.429. The van der Waals surface area contributed by atoms with E-state index in [1.807, 2.05) is 0 Å². The van der Waals surface area contributed by atoms with E-state index in [1.165, 1.54) is 27.2 Å². The van der Waals surface area contributed by atoms with E-state index in [-0.39, 0.29) is 30.0 Å². The number of ether oxygens (including phenoxy) is 2. The van der Waals surface area contributed by atoms with Crippen LogP contribution in [0.3, 0.4) is 0 Å². The Kier molecular flexibility index (Phi) is 6.33. The molecule has 0 unspecified atom stereocenters. The maximum atomic E-state index is 12.5. The third kappa shape index (κ3) is 4.59. The molecular formula is C14H16N4O7S. The van der Waals surface area contributed by atoms with Crippen LogP contribution in [0.15, 0.2) is 25.3 Å². The zero-order valence-corrected chi connectivity index (χ0v) is 15.1. The molecule has 0 saturated heterocycles. The van der Waals surface area contributed by atoms with Crippen molar-refractivity contribution in [2.45, 2.75) is 25.2 Å². The summed E-state index contributed by atoms with van der Waals surface area (Å²) in [4.78, 5) is 47.1. The summed E-state index contributed by atoms with van der Waals surface area (Å²) in [6.07, 6.45) is 0. The molecule has 2 aromatic heterocycles. The predicted octanol–water partition coefficient (Wildman–Crippen LogP) is -0.812. The van der Waals surface area contributed by atoms with Crippen LogP contribution in [0.25, 0.3) is 0 Å². The quantitative estimate of drug-likeness (QED) is 0.440. The molecule has 0 N–H and O–H groups in total. The highest BCUT2D eigenvalue weighted by Gasteiger charge is 2.16. The Morgan fingerprint density at radius 1 is 1.15 bits per heavy atom. The van der Waals surface area contributed by atoms with Crippen LogP contribution in [0.2, 0.25) is 0 Å². The third-order valence-corrected chi connectivity index (χ3v) is 4.08. The molecule has 2 rings (SSSR count). The number of hydrogen-bond acceptors (Lipinski definition) is 10. The van der Waals surface area contributed by atoms with Crippen molar-refractivity contribution >= 4 is 23.7 Å². The Balaban J connectivity index is 2.24. The van der Waals surface area contributed by atoms with E-state index in [2.05, 4.69) is 19.7 Å². The molecule has 0 bridgehead atoms. The maximum absolute atomic E-state index is 12.5. The van der Waals surface area contributed by atoms with E-state index in [0.717, 1.165) is 20.9 Å². The monoisotopic (exact) mass is 384 g/mol. The minimum atomic E-state index is -0.706. The van der Waals surface area contributed by atoms with Crippen molar-refractivity contribution in [1.29, 1.82) is 0 Å². The first kappa shape index (κ1) is 19.4. The van der Waals surface area contributed by atoms with Gasteiger partial charge < -0.3 is 13.9 Å². The van der Waals surface area contributed by atoms with Gasteiger partial charge in [-0.25, -0.2) is 4.79 Å². The van der Waals surface area contributed by atoms with Gasteiger partial charge in [-0.1, -0.05) is 11.8 Å². The van der Waals surface area contributed by atoms with Gasteiger partial charge in [-0.15, -0.1) is 10.2 Å². The minimum absolute atomic E-state index is 0.00466. The molecule has 140 valence electrons. The van der Waals surface area contributed by atoms with Crippen molar-refractivity contribution in [2.75, 3.05) is 20.0 Å². The first-order valence-corrected chi connectivity index (χ1v) is 8.24. The number of methoxy groups -OCH3 is 2. The molecule has 26 heavy (non-hydrogen) atoms. The molecule has 0 atom stereocenters. The van der Waals surface area contributed by atoms with Crippen molar-refractivity contribution in [3.63, 3.8) is 0 Å². The van der Waals surface area contributed by atoms with E-state index < -0.39 is 23.2 Å². The van der Waals surface area contributed by atoms with E-state index in [0.29, 0.717) is 5.69 Å². The van der Waals surface area contributed by atoms with Crippen LogP contribution in [0.1, 0.15) is 11.6 Å². The average Bonchev–Trinajstić information content (AvgIpc) is 3.07. The van der Waals surface area contributed by atoms with Crippen LogP contribution in [-0.4, -0.2) is 51.2 Å². The van der Waals surface area contributed by atoms with Gasteiger partial charge in [-0.05, 0) is 6.92 Å². The third-order valence-electron chi connectivity index (χ3n) is 3.28. The lowest BCUT2D eigenvalue weighted by molar-refractivity contribution is -0.141. The molecule has 0 fully saturated rings. The summed E-state index contributed by atoms with van der Waals surface area (Å²) in [5.41, 5.74) is -0.959. The number of esters is 2. The van der Waals surface area contributed by atoms with Crippen molar-refractivity contribution < 1.29 is 23.5 Å². The van der Waals surface area contributed by atoms with Gasteiger partial charge in [0.25, 0.3) is 10.8 Å². The minimum Gasteiger partial charge on any atom is -0.468 e. The molecule has 0 radical (unpaired) electrons. The molecule has 0 saturated carbocycles. The largest absolute Gasteiger partial charge is 0.468 e. The summed E-state index contributed by atoms with van der Waals surface area (Å²) >= 11 is 0.963. The second kappa shape index (κ2) is 8.47. The van der Waals surface area contributed by atoms with E-state index in [1.54, 1.807) is 0 Å². The van der Waals surface area contributed by atoms with Crippen molar-refractivity contribution in [2.24, 2.45) is 0 Å². The number of aryl methyl sites for hydroxylation is 1. The van der Waals surface area contributed by atoms with Crippen molar-refractivity contribution in [3.05, 3.63) is 38.5 Å². The lowest BCUT2D eigenvalue weighted by atomic mass is 10.4. The second-order valence-corrected chi connectivity index (χ2v) is 5.91. The molecule has 2 heterocycles. The smallest absolute Gasteiger partial charge is 0.332 e. The van der Waals surface area contributed by atoms with E-state index in [9.17, 15) is 19.2 Å². The van der Waals surface area contributed by atoms with Gasteiger partial charge in [0.2, 0.25) is 5.89 Å². The van der Waals surface area contributed by atoms with Crippen LogP contribution in [0, 0.1) is 6.92 Å². The summed E-state index contributed by atoms with van der Waals surface area (Å²) < 4.78 is 16.3. The van der Waals surface area contributed by atoms with E-state index >= 15 is 0 Å². The number of carbonyl (C=O) groups excluding carboxylic acids is 2. The Morgan fingerprint density at radius 2 is 1.85 bits per heavy atom. The van der Waals surface area contributed by atoms with Crippen LogP contribution < -0.4 is 11.2 Å². The molecule has 0 amide bonds. The summed E-state index contributed by atoms with van der Waals surface area (Å²) in [6, 6.07) is 1.22. The first-order valence-electron chi connectivity index (χ1n) is 7.25. The van der Waals surface area contributed by atoms with Crippen LogP contribution >= 0.6 is 11.8 Å². The van der Waals surface area contributed by atoms with Gasteiger partial charge in [-0.3, -0.25) is 23.5 Å². The highest BCUT2D eigenvalue weighted by atomic mass is 32.2. The average molecular weight is 384 g/mol. The summed E-state index contributed by atoms with van der Waals surface area (Å²) in [6.45, 7) is 0.931. The molecule has 0 spiro atoms. The summed E-state index contributed by atoms with van der Waals surface area (Å²) in [5, 5.41) is 7.55. The number of thioether (sulfide) groups is 1. The highest BCUT2D eigenvalue weighted by Crippen LogP contribution is 2.16.